The Labute approximate surface area is 161 Å². The number of thiophene rings is 1. The molecule has 0 aliphatic heterocycles. The van der Waals surface area contributed by atoms with Gasteiger partial charge >= 0.3 is 0 Å². The molecular weight excluding hydrogens is 386 g/mol. The number of rotatable bonds is 8. The molecule has 142 valence electrons. The first kappa shape index (κ1) is 19.2. The molecule has 3 aromatic rings. The third-order valence-corrected chi connectivity index (χ3v) is 5.89. The third kappa shape index (κ3) is 5.01. The van der Waals surface area contributed by atoms with Crippen LogP contribution in [0.1, 0.15) is 31.2 Å². The monoisotopic (exact) mass is 405 g/mol. The van der Waals surface area contributed by atoms with E-state index in [2.05, 4.69) is 21.8 Å². The second-order valence-electron chi connectivity index (χ2n) is 5.94. The molecule has 9 heteroatoms. The summed E-state index contributed by atoms with van der Waals surface area (Å²) in [7, 11) is -3.89. The number of nitrogens with zero attached hydrogens (tertiary/aromatic N) is 2. The van der Waals surface area contributed by atoms with Crippen molar-refractivity contribution < 1.29 is 17.6 Å². The lowest BCUT2D eigenvalue weighted by atomic mass is 10.1. The van der Waals surface area contributed by atoms with Gasteiger partial charge in [0.05, 0.1) is 4.90 Å². The second-order valence-corrected chi connectivity index (χ2v) is 8.40. The molecule has 0 saturated heterocycles. The van der Waals surface area contributed by atoms with Crippen molar-refractivity contribution in [3.05, 3.63) is 52.5 Å². The molecule has 0 atom stereocenters. The van der Waals surface area contributed by atoms with Crippen LogP contribution in [0.25, 0.3) is 11.5 Å². The molecule has 0 aliphatic carbocycles. The Balaban J connectivity index is 1.56. The van der Waals surface area contributed by atoms with Crippen LogP contribution in [0.2, 0.25) is 0 Å². The van der Waals surface area contributed by atoms with Crippen molar-refractivity contribution in [3.8, 4) is 11.5 Å². The summed E-state index contributed by atoms with van der Waals surface area (Å²) in [6.45, 7) is 2.05. The highest BCUT2D eigenvalue weighted by atomic mass is 32.2. The van der Waals surface area contributed by atoms with Gasteiger partial charge in [0.1, 0.15) is 0 Å². The van der Waals surface area contributed by atoms with Crippen LogP contribution in [-0.2, 0) is 27.7 Å². The van der Waals surface area contributed by atoms with E-state index in [1.165, 1.54) is 23.5 Å². The van der Waals surface area contributed by atoms with E-state index in [0.717, 1.165) is 24.0 Å². The molecule has 2 aromatic heterocycles. The van der Waals surface area contributed by atoms with Gasteiger partial charge in [-0.15, -0.1) is 10.2 Å². The van der Waals surface area contributed by atoms with Crippen LogP contribution in [-0.4, -0.2) is 24.5 Å². The highest BCUT2D eigenvalue weighted by Gasteiger charge is 2.18. The summed E-state index contributed by atoms with van der Waals surface area (Å²) in [5.74, 6) is 0.0435. The average molecular weight is 406 g/mol. The van der Waals surface area contributed by atoms with Crippen LogP contribution < -0.4 is 4.72 Å². The standard InChI is InChI=1S/C18H19N3O4S2/c1-2-3-13-4-6-15(7-5-13)27(23,24)21-16(22)8-9-17-19-20-18(25-17)14-10-11-26-12-14/h4-7,10-12H,2-3,8-9H2,1H3,(H,21,22). The van der Waals surface area contributed by atoms with E-state index in [-0.39, 0.29) is 23.6 Å². The zero-order valence-corrected chi connectivity index (χ0v) is 16.3. The van der Waals surface area contributed by atoms with Gasteiger partial charge in [0, 0.05) is 23.8 Å². The van der Waals surface area contributed by atoms with Crippen LogP contribution in [0.3, 0.4) is 0 Å². The molecule has 0 fully saturated rings. The van der Waals surface area contributed by atoms with Crippen molar-refractivity contribution in [2.45, 2.75) is 37.5 Å². The maximum atomic E-state index is 12.3. The Morgan fingerprint density at radius 2 is 1.93 bits per heavy atom. The number of carbonyl (C=O) groups is 1. The van der Waals surface area contributed by atoms with E-state index in [9.17, 15) is 13.2 Å². The molecule has 7 nitrogen and oxygen atoms in total. The summed E-state index contributed by atoms with van der Waals surface area (Å²) < 4.78 is 32.2. The van der Waals surface area contributed by atoms with Crippen molar-refractivity contribution in [2.24, 2.45) is 0 Å². The lowest BCUT2D eigenvalue weighted by Gasteiger charge is -2.07. The summed E-state index contributed by atoms with van der Waals surface area (Å²) in [6.07, 6.45) is 1.95. The number of carbonyl (C=O) groups excluding carboxylic acids is 1. The molecule has 0 saturated carbocycles. The van der Waals surface area contributed by atoms with E-state index in [1.807, 2.05) is 16.8 Å². The first-order valence-corrected chi connectivity index (χ1v) is 10.9. The van der Waals surface area contributed by atoms with Crippen molar-refractivity contribution in [1.29, 1.82) is 0 Å². The molecule has 0 radical (unpaired) electrons. The average Bonchev–Trinajstić information content (AvgIpc) is 3.32. The topological polar surface area (TPSA) is 102 Å². The van der Waals surface area contributed by atoms with Gasteiger partial charge in [-0.3, -0.25) is 4.79 Å². The number of benzene rings is 1. The largest absolute Gasteiger partial charge is 0.421 e. The van der Waals surface area contributed by atoms with Gasteiger partial charge in [-0.2, -0.15) is 11.3 Å². The number of sulfonamides is 1. The highest BCUT2D eigenvalue weighted by Crippen LogP contribution is 2.20. The van der Waals surface area contributed by atoms with Crippen molar-refractivity contribution in [2.75, 3.05) is 0 Å². The van der Waals surface area contributed by atoms with E-state index >= 15 is 0 Å². The normalized spacial score (nSPS) is 11.4. The third-order valence-electron chi connectivity index (χ3n) is 3.82. The Morgan fingerprint density at radius 1 is 1.15 bits per heavy atom. The van der Waals surface area contributed by atoms with E-state index in [0.29, 0.717) is 5.89 Å². The van der Waals surface area contributed by atoms with Crippen LogP contribution >= 0.6 is 11.3 Å². The van der Waals surface area contributed by atoms with Crippen molar-refractivity contribution in [1.82, 2.24) is 14.9 Å². The minimum absolute atomic E-state index is 0.0632. The van der Waals surface area contributed by atoms with Gasteiger partial charge in [0.2, 0.25) is 17.7 Å². The molecule has 1 amide bonds. The molecular formula is C18H19N3O4S2. The van der Waals surface area contributed by atoms with E-state index in [1.54, 1.807) is 12.1 Å². The molecule has 0 bridgehead atoms. The van der Waals surface area contributed by atoms with Gasteiger partial charge in [0.25, 0.3) is 10.0 Å². The number of amides is 1. The number of aryl methyl sites for hydroxylation is 2. The Bertz CT molecular complexity index is 994. The first-order chi connectivity index (χ1) is 13.0. The molecule has 2 heterocycles. The smallest absolute Gasteiger partial charge is 0.264 e. The van der Waals surface area contributed by atoms with E-state index < -0.39 is 15.9 Å². The van der Waals surface area contributed by atoms with E-state index in [4.69, 9.17) is 4.42 Å². The number of nitrogens with one attached hydrogen (secondary N) is 1. The number of hydrogen-bond donors (Lipinski definition) is 1. The molecule has 3 rings (SSSR count). The molecule has 27 heavy (non-hydrogen) atoms. The fourth-order valence-electron chi connectivity index (χ4n) is 2.46. The van der Waals surface area contributed by atoms with Gasteiger partial charge in [-0.05, 0) is 35.6 Å². The van der Waals surface area contributed by atoms with Crippen LogP contribution in [0.4, 0.5) is 0 Å². The van der Waals surface area contributed by atoms with Gasteiger partial charge in [-0.25, -0.2) is 13.1 Å². The summed E-state index contributed by atoms with van der Waals surface area (Å²) in [5.41, 5.74) is 1.87. The predicted octanol–water partition coefficient (Wildman–Crippen LogP) is 3.19. The maximum absolute atomic E-state index is 12.3. The molecule has 1 aromatic carbocycles. The minimum Gasteiger partial charge on any atom is -0.421 e. The number of aromatic nitrogens is 2. The van der Waals surface area contributed by atoms with Crippen molar-refractivity contribution in [3.63, 3.8) is 0 Å². The van der Waals surface area contributed by atoms with Crippen LogP contribution in [0.15, 0.2) is 50.4 Å². The highest BCUT2D eigenvalue weighted by molar-refractivity contribution is 7.90. The second kappa shape index (κ2) is 8.45. The maximum Gasteiger partial charge on any atom is 0.264 e. The zero-order valence-electron chi connectivity index (χ0n) is 14.7. The van der Waals surface area contributed by atoms with Gasteiger partial charge in [-0.1, -0.05) is 25.5 Å². The first-order valence-electron chi connectivity index (χ1n) is 8.47. The summed E-state index contributed by atoms with van der Waals surface area (Å²) >= 11 is 1.51. The Kier molecular flexibility index (Phi) is 6.02. The van der Waals surface area contributed by atoms with Crippen molar-refractivity contribution >= 4 is 27.3 Å². The molecule has 1 N–H and O–H groups in total. The SMILES string of the molecule is CCCc1ccc(S(=O)(=O)NC(=O)CCc2nnc(-c3ccsc3)o2)cc1. The van der Waals surface area contributed by atoms with Crippen LogP contribution in [0.5, 0.6) is 0 Å². The Morgan fingerprint density at radius 3 is 2.59 bits per heavy atom. The lowest BCUT2D eigenvalue weighted by Crippen LogP contribution is -2.30. The molecule has 0 aliphatic rings. The fourth-order valence-corrected chi connectivity index (χ4v) is 4.11. The molecule has 0 unspecified atom stereocenters. The minimum atomic E-state index is -3.89. The predicted molar refractivity (Wildman–Crippen MR) is 102 cm³/mol. The summed E-state index contributed by atoms with van der Waals surface area (Å²) in [6, 6.07) is 8.38. The zero-order chi connectivity index (χ0) is 19.3. The Hall–Kier alpha value is -2.52. The number of hydrogen-bond acceptors (Lipinski definition) is 7. The van der Waals surface area contributed by atoms with Gasteiger partial charge < -0.3 is 4.42 Å². The lowest BCUT2D eigenvalue weighted by molar-refractivity contribution is -0.119. The van der Waals surface area contributed by atoms with Gasteiger partial charge in [0.15, 0.2) is 0 Å². The molecule has 0 spiro atoms. The van der Waals surface area contributed by atoms with Crippen LogP contribution in [0, 0.1) is 0 Å². The quantitative estimate of drug-likeness (QED) is 0.617. The summed E-state index contributed by atoms with van der Waals surface area (Å²) in [4.78, 5) is 12.1. The summed E-state index contributed by atoms with van der Waals surface area (Å²) in [5, 5.41) is 11.6. The fraction of sp³-hybridized carbons (Fsp3) is 0.278.